The fourth-order valence-electron chi connectivity index (χ4n) is 2.70. The van der Waals surface area contributed by atoms with Gasteiger partial charge in [-0.05, 0) is 66.8 Å². The van der Waals surface area contributed by atoms with E-state index in [1.807, 2.05) is 26.0 Å². The molecule has 2 N–H and O–H groups in total. The Morgan fingerprint density at radius 1 is 1.17 bits per heavy atom. The Hall–Kier alpha value is -2.88. The van der Waals surface area contributed by atoms with E-state index in [4.69, 9.17) is 5.11 Å². The van der Waals surface area contributed by atoms with Crippen LogP contribution < -0.4 is 0 Å². The summed E-state index contributed by atoms with van der Waals surface area (Å²) in [5.74, 6) is -0.893. The first kappa shape index (κ1) is 15.0. The van der Waals surface area contributed by atoms with Gasteiger partial charge in [-0.25, -0.2) is 9.78 Å². The molecule has 0 atom stereocenters. The number of H-pyrrole nitrogens is 1. The largest absolute Gasteiger partial charge is 0.478 e. The first-order valence-electron chi connectivity index (χ1n) is 7.42. The highest BCUT2D eigenvalue weighted by atomic mass is 16.4. The van der Waals surface area contributed by atoms with Crippen molar-refractivity contribution in [2.45, 2.75) is 20.8 Å². The predicted molar refractivity (Wildman–Crippen MR) is 92.3 cm³/mol. The molecule has 0 radical (unpaired) electrons. The molecule has 0 spiro atoms. The lowest BCUT2D eigenvalue weighted by atomic mass is 9.94. The van der Waals surface area contributed by atoms with E-state index in [9.17, 15) is 4.79 Å². The minimum atomic E-state index is -0.893. The number of aryl methyl sites for hydroxylation is 2. The molecule has 0 saturated carbocycles. The number of carboxylic acid groups (broad SMARTS) is 1. The van der Waals surface area contributed by atoms with Gasteiger partial charge in [-0.3, -0.25) is 0 Å². The molecule has 0 fully saturated rings. The zero-order chi connectivity index (χ0) is 16.6. The van der Waals surface area contributed by atoms with Crippen LogP contribution in [0, 0.1) is 13.8 Å². The normalized spacial score (nSPS) is 11.9. The summed E-state index contributed by atoms with van der Waals surface area (Å²) < 4.78 is 0. The molecule has 0 aliphatic carbocycles. The van der Waals surface area contributed by atoms with Gasteiger partial charge in [0.25, 0.3) is 0 Å². The summed E-state index contributed by atoms with van der Waals surface area (Å²) in [6, 6.07) is 10.3. The monoisotopic (exact) mass is 306 g/mol. The van der Waals surface area contributed by atoms with Crippen LogP contribution in [0.5, 0.6) is 0 Å². The van der Waals surface area contributed by atoms with Crippen LogP contribution in [0.2, 0.25) is 0 Å². The summed E-state index contributed by atoms with van der Waals surface area (Å²) in [7, 11) is 0. The van der Waals surface area contributed by atoms with Crippen LogP contribution in [0.4, 0.5) is 0 Å². The number of carboxylic acids is 1. The third-order valence-electron chi connectivity index (χ3n) is 4.05. The topological polar surface area (TPSA) is 66.0 Å². The Kier molecular flexibility index (Phi) is 3.74. The molecule has 0 amide bonds. The fourth-order valence-corrected chi connectivity index (χ4v) is 2.70. The van der Waals surface area contributed by atoms with Gasteiger partial charge in [0.15, 0.2) is 0 Å². The number of aromatic nitrogens is 2. The Labute approximate surface area is 134 Å². The van der Waals surface area contributed by atoms with Gasteiger partial charge in [0, 0.05) is 5.57 Å². The molecule has 1 aromatic heterocycles. The maximum absolute atomic E-state index is 11.0. The van der Waals surface area contributed by atoms with Crippen molar-refractivity contribution in [2.75, 3.05) is 0 Å². The lowest BCUT2D eigenvalue weighted by Gasteiger charge is -2.11. The summed E-state index contributed by atoms with van der Waals surface area (Å²) in [6.07, 6.45) is 3.40. The van der Waals surface area contributed by atoms with Gasteiger partial charge < -0.3 is 10.1 Å². The van der Waals surface area contributed by atoms with E-state index in [2.05, 4.69) is 28.2 Å². The van der Waals surface area contributed by atoms with Gasteiger partial charge >= 0.3 is 5.97 Å². The Balaban J connectivity index is 2.09. The summed E-state index contributed by atoms with van der Waals surface area (Å²) in [5.41, 5.74) is 7.64. The number of fused-ring (bicyclic) bond motifs is 1. The third-order valence-corrected chi connectivity index (χ3v) is 4.05. The first-order chi connectivity index (χ1) is 11.0. The maximum atomic E-state index is 11.0. The van der Waals surface area contributed by atoms with Crippen molar-refractivity contribution in [1.29, 1.82) is 0 Å². The van der Waals surface area contributed by atoms with E-state index in [0.717, 1.165) is 38.9 Å². The summed E-state index contributed by atoms with van der Waals surface area (Å²) in [6.45, 7) is 5.65. The smallest absolute Gasteiger partial charge is 0.331 e. The number of rotatable bonds is 3. The standard InChI is InChI=1S/C19H18N2O2/c1-11-8-16(12(2)6-15(11)7-13(3)19(22)23)14-4-5-17-18(9-14)21-10-20-17/h4-10H,1-3H3,(H,20,21)(H,22,23). The summed E-state index contributed by atoms with van der Waals surface area (Å²) >= 11 is 0. The van der Waals surface area contributed by atoms with Crippen molar-refractivity contribution in [3.63, 3.8) is 0 Å². The van der Waals surface area contributed by atoms with Crippen molar-refractivity contribution in [1.82, 2.24) is 9.97 Å². The number of hydrogen-bond acceptors (Lipinski definition) is 2. The van der Waals surface area contributed by atoms with Crippen LogP contribution >= 0.6 is 0 Å². The van der Waals surface area contributed by atoms with Gasteiger partial charge in [0.1, 0.15) is 0 Å². The molecule has 0 aliphatic rings. The van der Waals surface area contributed by atoms with Crippen LogP contribution in [0.15, 0.2) is 42.2 Å². The molecule has 0 bridgehead atoms. The van der Waals surface area contributed by atoms with E-state index >= 15 is 0 Å². The zero-order valence-electron chi connectivity index (χ0n) is 13.3. The fraction of sp³-hybridized carbons (Fsp3) is 0.158. The molecule has 3 rings (SSSR count). The quantitative estimate of drug-likeness (QED) is 0.708. The van der Waals surface area contributed by atoms with Gasteiger partial charge in [-0.2, -0.15) is 0 Å². The molecule has 4 heteroatoms. The average Bonchev–Trinajstić information content (AvgIpc) is 2.97. The van der Waals surface area contributed by atoms with Crippen LogP contribution in [0.1, 0.15) is 23.6 Å². The molecule has 3 aromatic rings. The van der Waals surface area contributed by atoms with Crippen LogP contribution in [0.25, 0.3) is 28.2 Å². The van der Waals surface area contributed by atoms with Crippen molar-refractivity contribution in [3.8, 4) is 11.1 Å². The molecule has 116 valence electrons. The lowest BCUT2D eigenvalue weighted by molar-refractivity contribution is -0.132. The molecule has 0 saturated heterocycles. The molecule has 4 nitrogen and oxygen atoms in total. The Morgan fingerprint density at radius 2 is 1.96 bits per heavy atom. The van der Waals surface area contributed by atoms with Crippen LogP contribution in [-0.4, -0.2) is 21.0 Å². The van der Waals surface area contributed by atoms with Gasteiger partial charge in [0.2, 0.25) is 0 Å². The number of imidazole rings is 1. The van der Waals surface area contributed by atoms with E-state index in [1.165, 1.54) is 0 Å². The van der Waals surface area contributed by atoms with E-state index in [0.29, 0.717) is 5.57 Å². The van der Waals surface area contributed by atoms with E-state index in [-0.39, 0.29) is 0 Å². The molecule has 1 heterocycles. The number of aromatic amines is 1. The van der Waals surface area contributed by atoms with Crippen molar-refractivity contribution in [2.24, 2.45) is 0 Å². The van der Waals surface area contributed by atoms with Gasteiger partial charge in [-0.15, -0.1) is 0 Å². The Morgan fingerprint density at radius 3 is 2.70 bits per heavy atom. The highest BCUT2D eigenvalue weighted by molar-refractivity contribution is 5.92. The van der Waals surface area contributed by atoms with Crippen molar-refractivity contribution in [3.05, 3.63) is 58.9 Å². The second kappa shape index (κ2) is 5.72. The van der Waals surface area contributed by atoms with Gasteiger partial charge in [0.05, 0.1) is 17.4 Å². The molecule has 0 aliphatic heterocycles. The molecular weight excluding hydrogens is 288 g/mol. The molecule has 0 unspecified atom stereocenters. The molecule has 23 heavy (non-hydrogen) atoms. The van der Waals surface area contributed by atoms with Crippen molar-refractivity contribution >= 4 is 23.1 Å². The lowest BCUT2D eigenvalue weighted by Crippen LogP contribution is -1.97. The van der Waals surface area contributed by atoms with Gasteiger partial charge in [-0.1, -0.05) is 18.2 Å². The zero-order valence-corrected chi connectivity index (χ0v) is 13.3. The summed E-state index contributed by atoms with van der Waals surface area (Å²) in [5, 5.41) is 9.04. The highest BCUT2D eigenvalue weighted by Gasteiger charge is 2.08. The highest BCUT2D eigenvalue weighted by Crippen LogP contribution is 2.29. The first-order valence-corrected chi connectivity index (χ1v) is 7.42. The second-order valence-corrected chi connectivity index (χ2v) is 5.79. The molecular formula is C19H18N2O2. The minimum absolute atomic E-state index is 0.333. The number of aliphatic carboxylic acids is 1. The van der Waals surface area contributed by atoms with Crippen molar-refractivity contribution < 1.29 is 9.90 Å². The number of benzene rings is 2. The molecule has 2 aromatic carbocycles. The maximum Gasteiger partial charge on any atom is 0.331 e. The van der Waals surface area contributed by atoms with Crippen LogP contribution in [0.3, 0.4) is 0 Å². The second-order valence-electron chi connectivity index (χ2n) is 5.79. The summed E-state index contributed by atoms with van der Waals surface area (Å²) in [4.78, 5) is 18.4. The van der Waals surface area contributed by atoms with E-state index < -0.39 is 5.97 Å². The SMILES string of the molecule is CC(=Cc1cc(C)c(-c2ccc3nc[nH]c3c2)cc1C)C(=O)O. The average molecular weight is 306 g/mol. The minimum Gasteiger partial charge on any atom is -0.478 e. The third kappa shape index (κ3) is 2.88. The van der Waals surface area contributed by atoms with Crippen LogP contribution in [-0.2, 0) is 4.79 Å². The number of nitrogens with one attached hydrogen (secondary N) is 1. The van der Waals surface area contributed by atoms with E-state index in [1.54, 1.807) is 19.3 Å². The number of nitrogens with zero attached hydrogens (tertiary/aromatic N) is 1. The number of carbonyl (C=O) groups is 1. The Bertz CT molecular complexity index is 936. The number of hydrogen-bond donors (Lipinski definition) is 2. The predicted octanol–water partition coefficient (Wildman–Crippen LogP) is 4.33.